The van der Waals surface area contributed by atoms with Crippen molar-refractivity contribution in [3.8, 4) is 0 Å². The van der Waals surface area contributed by atoms with Gasteiger partial charge in [-0.25, -0.2) is 8.42 Å². The van der Waals surface area contributed by atoms with E-state index in [-0.39, 0.29) is 23.4 Å². The average Bonchev–Trinajstić information content (AvgIpc) is 2.67. The summed E-state index contributed by atoms with van der Waals surface area (Å²) in [6.07, 6.45) is 0.916. The average molecular weight is 408 g/mol. The van der Waals surface area contributed by atoms with Gasteiger partial charge >= 0.3 is 5.97 Å². The molecule has 144 valence electrons. The first-order chi connectivity index (χ1) is 12.9. The topological polar surface area (TPSA) is 63.7 Å². The summed E-state index contributed by atoms with van der Waals surface area (Å²) < 4.78 is 32.2. The predicted octanol–water partition coefficient (Wildman–Crippen LogP) is 3.79. The molecule has 2 aromatic rings. The lowest BCUT2D eigenvalue weighted by atomic mass is 9.98. The minimum atomic E-state index is -3.57. The van der Waals surface area contributed by atoms with Crippen LogP contribution in [0.5, 0.6) is 0 Å². The lowest BCUT2D eigenvalue weighted by Crippen LogP contribution is -2.40. The van der Waals surface area contributed by atoms with Gasteiger partial charge < -0.3 is 4.74 Å². The van der Waals surface area contributed by atoms with Gasteiger partial charge in [0.25, 0.3) is 0 Å². The zero-order valence-corrected chi connectivity index (χ0v) is 16.7. The van der Waals surface area contributed by atoms with Gasteiger partial charge in [0.15, 0.2) is 0 Å². The summed E-state index contributed by atoms with van der Waals surface area (Å²) in [5, 5.41) is 0.490. The van der Waals surface area contributed by atoms with E-state index in [1.807, 2.05) is 31.2 Å². The summed E-state index contributed by atoms with van der Waals surface area (Å²) in [5.74, 6) is -0.535. The Morgan fingerprint density at radius 3 is 2.37 bits per heavy atom. The Balaban J connectivity index is 1.56. The van der Waals surface area contributed by atoms with Crippen molar-refractivity contribution >= 4 is 27.6 Å². The van der Waals surface area contributed by atoms with Crippen LogP contribution in [0.25, 0.3) is 0 Å². The fourth-order valence-corrected chi connectivity index (χ4v) is 4.72. The zero-order valence-electron chi connectivity index (χ0n) is 15.1. The number of aryl methyl sites for hydroxylation is 1. The molecule has 0 amide bonds. The van der Waals surface area contributed by atoms with Gasteiger partial charge in [-0.15, -0.1) is 0 Å². The van der Waals surface area contributed by atoms with Crippen LogP contribution in [0.2, 0.25) is 5.02 Å². The molecule has 1 saturated heterocycles. The fourth-order valence-electron chi connectivity index (χ4n) is 3.13. The molecule has 1 fully saturated rings. The molecule has 0 aromatic heterocycles. The zero-order chi connectivity index (χ0) is 19.4. The monoisotopic (exact) mass is 407 g/mol. The van der Waals surface area contributed by atoms with Gasteiger partial charge in [0.2, 0.25) is 10.0 Å². The van der Waals surface area contributed by atoms with Crippen molar-refractivity contribution in [3.63, 3.8) is 0 Å². The number of nitrogens with zero attached hydrogens (tertiary/aromatic N) is 1. The third kappa shape index (κ3) is 4.69. The van der Waals surface area contributed by atoms with E-state index in [2.05, 4.69) is 0 Å². The number of hydrogen-bond donors (Lipinski definition) is 0. The molecule has 27 heavy (non-hydrogen) atoms. The highest BCUT2D eigenvalue weighted by Crippen LogP contribution is 2.25. The first-order valence-corrected chi connectivity index (χ1v) is 10.7. The van der Waals surface area contributed by atoms with Crippen molar-refractivity contribution in [2.24, 2.45) is 5.92 Å². The molecular formula is C20H22ClNO4S. The van der Waals surface area contributed by atoms with E-state index in [9.17, 15) is 13.2 Å². The van der Waals surface area contributed by atoms with E-state index in [4.69, 9.17) is 16.3 Å². The van der Waals surface area contributed by atoms with Crippen molar-refractivity contribution in [1.29, 1.82) is 0 Å². The summed E-state index contributed by atoms with van der Waals surface area (Å²) in [6.45, 7) is 2.82. The molecule has 0 aliphatic carbocycles. The quantitative estimate of drug-likeness (QED) is 0.707. The molecule has 1 aliphatic rings. The van der Waals surface area contributed by atoms with Gasteiger partial charge in [0.05, 0.1) is 10.8 Å². The van der Waals surface area contributed by atoms with E-state index >= 15 is 0 Å². The van der Waals surface area contributed by atoms with Gasteiger partial charge in [-0.05, 0) is 55.2 Å². The molecule has 3 rings (SSSR count). The molecule has 2 aromatic carbocycles. The Labute approximate surface area is 165 Å². The molecule has 0 bridgehead atoms. The second-order valence-electron chi connectivity index (χ2n) is 6.67. The van der Waals surface area contributed by atoms with E-state index in [1.165, 1.54) is 16.4 Å². The van der Waals surface area contributed by atoms with Crippen molar-refractivity contribution in [1.82, 2.24) is 4.31 Å². The number of halogens is 1. The largest absolute Gasteiger partial charge is 0.461 e. The first kappa shape index (κ1) is 19.9. The molecule has 0 spiro atoms. The number of hydrogen-bond acceptors (Lipinski definition) is 4. The van der Waals surface area contributed by atoms with E-state index in [0.717, 1.165) is 11.1 Å². The molecule has 0 radical (unpaired) electrons. The summed E-state index contributed by atoms with van der Waals surface area (Å²) in [4.78, 5) is 12.6. The predicted molar refractivity (Wildman–Crippen MR) is 104 cm³/mol. The third-order valence-corrected chi connectivity index (χ3v) is 7.03. The van der Waals surface area contributed by atoms with Crippen LogP contribution in [0.15, 0.2) is 53.4 Å². The van der Waals surface area contributed by atoms with Crippen LogP contribution in [0.3, 0.4) is 0 Å². The maximum Gasteiger partial charge on any atom is 0.309 e. The van der Waals surface area contributed by atoms with Crippen LogP contribution < -0.4 is 0 Å². The number of carbonyl (C=O) groups excluding carboxylic acids is 1. The number of esters is 1. The van der Waals surface area contributed by atoms with Crippen molar-refractivity contribution < 1.29 is 17.9 Å². The number of carbonyl (C=O) groups is 1. The van der Waals surface area contributed by atoms with Gasteiger partial charge in [-0.1, -0.05) is 35.9 Å². The highest BCUT2D eigenvalue weighted by molar-refractivity contribution is 7.89. The van der Waals surface area contributed by atoms with Gasteiger partial charge in [-0.3, -0.25) is 4.79 Å². The highest BCUT2D eigenvalue weighted by atomic mass is 35.5. The molecule has 1 aliphatic heterocycles. The third-order valence-electron chi connectivity index (χ3n) is 4.87. The van der Waals surface area contributed by atoms with Crippen LogP contribution in [0.4, 0.5) is 0 Å². The van der Waals surface area contributed by atoms with Crippen LogP contribution in [-0.4, -0.2) is 31.8 Å². The smallest absolute Gasteiger partial charge is 0.309 e. The van der Waals surface area contributed by atoms with E-state index in [0.29, 0.717) is 31.0 Å². The Hall–Kier alpha value is -1.89. The molecule has 5 nitrogen and oxygen atoms in total. The van der Waals surface area contributed by atoms with Crippen LogP contribution in [0.1, 0.15) is 24.0 Å². The Bertz CT molecular complexity index is 904. The first-order valence-electron chi connectivity index (χ1n) is 8.85. The molecule has 0 unspecified atom stereocenters. The summed E-state index contributed by atoms with van der Waals surface area (Å²) in [7, 11) is -3.57. The standard InChI is InChI=1S/C20H22ClNO4S/c1-15-4-2-3-5-17(15)14-26-20(23)16-10-12-22(13-11-16)27(24,25)19-8-6-18(21)7-9-19/h2-9,16H,10-14H2,1H3. The highest BCUT2D eigenvalue weighted by Gasteiger charge is 2.32. The molecule has 1 heterocycles. The van der Waals surface area contributed by atoms with Gasteiger partial charge in [0.1, 0.15) is 6.61 Å². The Morgan fingerprint density at radius 2 is 1.74 bits per heavy atom. The SMILES string of the molecule is Cc1ccccc1COC(=O)C1CCN(S(=O)(=O)c2ccc(Cl)cc2)CC1. The molecule has 0 saturated carbocycles. The number of sulfonamides is 1. The second-order valence-corrected chi connectivity index (χ2v) is 9.04. The normalized spacial score (nSPS) is 16.2. The van der Waals surface area contributed by atoms with Crippen molar-refractivity contribution in [2.75, 3.05) is 13.1 Å². The molecule has 7 heteroatoms. The summed E-state index contributed by atoms with van der Waals surface area (Å²) >= 11 is 5.83. The fraction of sp³-hybridized carbons (Fsp3) is 0.350. The molecular weight excluding hydrogens is 386 g/mol. The number of rotatable bonds is 5. The van der Waals surface area contributed by atoms with Crippen molar-refractivity contribution in [2.45, 2.75) is 31.3 Å². The maximum absolute atomic E-state index is 12.7. The second kappa shape index (κ2) is 8.42. The van der Waals surface area contributed by atoms with Gasteiger partial charge in [-0.2, -0.15) is 4.31 Å². The van der Waals surface area contributed by atoms with Crippen LogP contribution in [0, 0.1) is 12.8 Å². The summed E-state index contributed by atoms with van der Waals surface area (Å²) in [5.41, 5.74) is 2.06. The van der Waals surface area contributed by atoms with Crippen LogP contribution in [-0.2, 0) is 26.2 Å². The minimum absolute atomic E-state index is 0.215. The number of benzene rings is 2. The van der Waals surface area contributed by atoms with E-state index in [1.54, 1.807) is 12.1 Å². The Kier molecular flexibility index (Phi) is 6.19. The lowest BCUT2D eigenvalue weighted by Gasteiger charge is -2.30. The van der Waals surface area contributed by atoms with Crippen molar-refractivity contribution in [3.05, 3.63) is 64.7 Å². The van der Waals surface area contributed by atoms with Crippen LogP contribution >= 0.6 is 11.6 Å². The van der Waals surface area contributed by atoms with E-state index < -0.39 is 10.0 Å². The number of piperidine rings is 1. The summed E-state index contributed by atoms with van der Waals surface area (Å²) in [6, 6.07) is 13.9. The maximum atomic E-state index is 12.7. The number of ether oxygens (including phenoxy) is 1. The molecule has 0 atom stereocenters. The van der Waals surface area contributed by atoms with Gasteiger partial charge in [0, 0.05) is 18.1 Å². The Morgan fingerprint density at radius 1 is 1.11 bits per heavy atom. The lowest BCUT2D eigenvalue weighted by molar-refractivity contribution is -0.151. The molecule has 0 N–H and O–H groups in total. The minimum Gasteiger partial charge on any atom is -0.461 e.